The highest BCUT2D eigenvalue weighted by Crippen LogP contribution is 2.36. The minimum Gasteiger partial charge on any atom is -0.496 e. The Morgan fingerprint density at radius 3 is 3.00 bits per heavy atom. The van der Waals surface area contributed by atoms with Gasteiger partial charge in [-0.05, 0) is 41.8 Å². The number of benzene rings is 1. The Balaban J connectivity index is 1.86. The lowest BCUT2D eigenvalue weighted by Gasteiger charge is -2.14. The molecular weight excluding hydrogens is 342 g/mol. The van der Waals surface area contributed by atoms with E-state index in [-0.39, 0.29) is 17.2 Å². The Morgan fingerprint density at radius 2 is 2.32 bits per heavy atom. The minimum absolute atomic E-state index is 0.00882. The van der Waals surface area contributed by atoms with Crippen molar-refractivity contribution in [3.63, 3.8) is 0 Å². The molecule has 0 saturated carbocycles. The summed E-state index contributed by atoms with van der Waals surface area (Å²) in [6, 6.07) is 5.55. The van der Waals surface area contributed by atoms with Gasteiger partial charge in [-0.3, -0.25) is 9.59 Å². The van der Waals surface area contributed by atoms with Crippen molar-refractivity contribution in [2.24, 2.45) is 0 Å². The quantitative estimate of drug-likeness (QED) is 0.795. The van der Waals surface area contributed by atoms with Gasteiger partial charge in [-0.1, -0.05) is 0 Å². The van der Waals surface area contributed by atoms with Gasteiger partial charge in [0.2, 0.25) is 11.8 Å². The van der Waals surface area contributed by atoms with Gasteiger partial charge in [0.05, 0.1) is 18.0 Å². The number of carbonyl (C=O) groups excluding carboxylic acids is 2. The van der Waals surface area contributed by atoms with Gasteiger partial charge in [-0.15, -0.1) is 0 Å². The molecule has 1 saturated heterocycles. The zero-order chi connectivity index (χ0) is 17.8. The van der Waals surface area contributed by atoms with Crippen molar-refractivity contribution in [3.05, 3.63) is 24.4 Å². The van der Waals surface area contributed by atoms with Crippen LogP contribution in [0.4, 0.5) is 4.79 Å². The first kappa shape index (κ1) is 17.3. The summed E-state index contributed by atoms with van der Waals surface area (Å²) in [6.45, 7) is 0.370. The van der Waals surface area contributed by atoms with Crippen LogP contribution in [0.1, 0.15) is 12.8 Å². The summed E-state index contributed by atoms with van der Waals surface area (Å²) in [5, 5.41) is 6.97. The van der Waals surface area contributed by atoms with Gasteiger partial charge >= 0.3 is 0 Å². The van der Waals surface area contributed by atoms with Crippen LogP contribution < -0.4 is 20.1 Å². The summed E-state index contributed by atoms with van der Waals surface area (Å²) >= 11 is 1.07. The number of thioether (sulfide) groups is 1. The van der Waals surface area contributed by atoms with Crippen LogP contribution in [-0.4, -0.2) is 42.9 Å². The Kier molecular flexibility index (Phi) is 5.28. The molecule has 1 aliphatic rings. The lowest BCUT2D eigenvalue weighted by Crippen LogP contribution is -2.31. The zero-order valence-electron chi connectivity index (χ0n) is 14.0. The molecule has 25 heavy (non-hydrogen) atoms. The molecule has 1 aromatic heterocycles. The van der Waals surface area contributed by atoms with Crippen molar-refractivity contribution in [1.29, 1.82) is 0 Å². The van der Waals surface area contributed by atoms with E-state index in [2.05, 4.69) is 15.6 Å². The summed E-state index contributed by atoms with van der Waals surface area (Å²) in [6.07, 6.45) is 2.95. The number of hydrogen-bond acceptors (Lipinski definition) is 6. The fourth-order valence-corrected chi connectivity index (χ4v) is 3.37. The number of carbonyl (C=O) groups is 2. The van der Waals surface area contributed by atoms with E-state index in [1.54, 1.807) is 20.4 Å². The van der Waals surface area contributed by atoms with Gasteiger partial charge < -0.3 is 20.1 Å². The van der Waals surface area contributed by atoms with E-state index in [1.807, 2.05) is 18.2 Å². The third kappa shape index (κ3) is 3.96. The van der Waals surface area contributed by atoms with E-state index < -0.39 is 0 Å². The lowest BCUT2D eigenvalue weighted by atomic mass is 10.1. The molecule has 2 amide bonds. The van der Waals surface area contributed by atoms with Gasteiger partial charge in [0, 0.05) is 25.1 Å². The number of ether oxygens (including phenoxy) is 2. The molecule has 0 unspecified atom stereocenters. The second-order valence-corrected chi connectivity index (χ2v) is 6.61. The summed E-state index contributed by atoms with van der Waals surface area (Å²) in [5.41, 5.74) is 0. The number of rotatable bonds is 5. The predicted octanol–water partition coefficient (Wildman–Crippen LogP) is 2.33. The Labute approximate surface area is 149 Å². The maximum atomic E-state index is 11.7. The van der Waals surface area contributed by atoms with Crippen LogP contribution in [0.25, 0.3) is 10.8 Å². The van der Waals surface area contributed by atoms with Crippen LogP contribution in [0.2, 0.25) is 0 Å². The molecule has 3 rings (SSSR count). The number of fused-ring (bicyclic) bond motifs is 1. The molecule has 2 N–H and O–H groups in total. The van der Waals surface area contributed by atoms with Gasteiger partial charge in [0.25, 0.3) is 5.24 Å². The average molecular weight is 361 g/mol. The van der Waals surface area contributed by atoms with Crippen LogP contribution >= 0.6 is 11.8 Å². The summed E-state index contributed by atoms with van der Waals surface area (Å²) in [5.74, 6) is 1.11. The fourth-order valence-electron chi connectivity index (χ4n) is 2.64. The molecule has 7 nitrogen and oxygen atoms in total. The number of nitrogens with zero attached hydrogens (tertiary/aromatic N) is 1. The van der Waals surface area contributed by atoms with E-state index in [4.69, 9.17) is 9.47 Å². The lowest BCUT2D eigenvalue weighted by molar-refractivity contribution is -0.119. The third-order valence-corrected chi connectivity index (χ3v) is 4.85. The van der Waals surface area contributed by atoms with Crippen molar-refractivity contribution in [1.82, 2.24) is 15.6 Å². The molecule has 1 atom stereocenters. The minimum atomic E-state index is -0.167. The average Bonchev–Trinajstić information content (AvgIpc) is 3.04. The number of nitrogens with one attached hydrogen (secondary N) is 2. The smallest absolute Gasteiger partial charge is 0.283 e. The maximum absolute atomic E-state index is 11.7. The van der Waals surface area contributed by atoms with Gasteiger partial charge in [0.1, 0.15) is 12.4 Å². The standard InChI is InChI=1S/C17H19N3O4S/c1-18-17(22)25-14-7-10-5-6-19-16(12(10)8-13(14)23-2)24-9-11-3-4-15(21)20-11/h5-8,11H,3-4,9H2,1-2H3,(H,18,22)(H,20,21)/t11-/m0/s1. The second-order valence-electron chi connectivity index (χ2n) is 5.59. The molecule has 1 fully saturated rings. The molecule has 0 bridgehead atoms. The number of aromatic nitrogens is 1. The highest BCUT2D eigenvalue weighted by molar-refractivity contribution is 8.13. The van der Waals surface area contributed by atoms with Crippen molar-refractivity contribution >= 4 is 33.7 Å². The molecule has 1 aromatic carbocycles. The van der Waals surface area contributed by atoms with Crippen LogP contribution in [0.3, 0.4) is 0 Å². The maximum Gasteiger partial charge on any atom is 0.283 e. The van der Waals surface area contributed by atoms with Crippen LogP contribution in [0.5, 0.6) is 11.6 Å². The van der Waals surface area contributed by atoms with Gasteiger partial charge in [0.15, 0.2) is 0 Å². The molecule has 0 spiro atoms. The topological polar surface area (TPSA) is 89.5 Å². The van der Waals surface area contributed by atoms with Crippen LogP contribution in [0.15, 0.2) is 29.3 Å². The number of pyridine rings is 1. The molecule has 2 aromatic rings. The fraction of sp³-hybridized carbons (Fsp3) is 0.353. The first-order valence-electron chi connectivity index (χ1n) is 7.89. The summed E-state index contributed by atoms with van der Waals surface area (Å²) < 4.78 is 11.2. The van der Waals surface area contributed by atoms with Crippen molar-refractivity contribution < 1.29 is 19.1 Å². The SMILES string of the molecule is CNC(=O)Sc1cc2ccnc(OC[C@@H]3CCC(=O)N3)c2cc1OC. The molecule has 132 valence electrons. The second kappa shape index (κ2) is 7.60. The Bertz CT molecular complexity index is 812. The predicted molar refractivity (Wildman–Crippen MR) is 95.3 cm³/mol. The van der Waals surface area contributed by atoms with Crippen LogP contribution in [-0.2, 0) is 4.79 Å². The molecule has 8 heteroatoms. The largest absolute Gasteiger partial charge is 0.496 e. The number of amides is 2. The van der Waals surface area contributed by atoms with E-state index in [9.17, 15) is 9.59 Å². The number of methoxy groups -OCH3 is 1. The number of hydrogen-bond donors (Lipinski definition) is 2. The highest BCUT2D eigenvalue weighted by atomic mass is 32.2. The van der Waals surface area contributed by atoms with Crippen molar-refractivity contribution in [2.75, 3.05) is 20.8 Å². The third-order valence-electron chi connectivity index (χ3n) is 3.93. The molecule has 1 aliphatic heterocycles. The monoisotopic (exact) mass is 361 g/mol. The Hall–Kier alpha value is -2.48. The summed E-state index contributed by atoms with van der Waals surface area (Å²) in [4.78, 5) is 27.9. The van der Waals surface area contributed by atoms with Crippen molar-refractivity contribution in [3.8, 4) is 11.6 Å². The van der Waals surface area contributed by atoms with Gasteiger partial charge in [-0.2, -0.15) is 0 Å². The molecular formula is C17H19N3O4S. The van der Waals surface area contributed by atoms with Gasteiger partial charge in [-0.25, -0.2) is 4.98 Å². The van der Waals surface area contributed by atoms with Crippen LogP contribution in [0, 0.1) is 0 Å². The zero-order valence-corrected chi connectivity index (χ0v) is 14.8. The molecule has 2 heterocycles. The van der Waals surface area contributed by atoms with E-state index in [1.165, 1.54) is 0 Å². The van der Waals surface area contributed by atoms with E-state index in [0.717, 1.165) is 33.9 Å². The first-order valence-corrected chi connectivity index (χ1v) is 8.71. The first-order chi connectivity index (χ1) is 12.1. The normalized spacial score (nSPS) is 16.6. The Morgan fingerprint density at radius 1 is 1.48 bits per heavy atom. The molecule has 0 radical (unpaired) electrons. The highest BCUT2D eigenvalue weighted by Gasteiger charge is 2.22. The molecule has 0 aliphatic carbocycles. The summed E-state index contributed by atoms with van der Waals surface area (Å²) in [7, 11) is 3.14. The van der Waals surface area contributed by atoms with E-state index in [0.29, 0.717) is 24.7 Å². The van der Waals surface area contributed by atoms with E-state index >= 15 is 0 Å². The van der Waals surface area contributed by atoms with Crippen molar-refractivity contribution in [2.45, 2.75) is 23.8 Å².